The molecular formula is C11H14BrNO3. The normalized spacial score (nSPS) is 12.2. The second kappa shape index (κ2) is 5.21. The number of phenols is 2. The molecule has 4 nitrogen and oxygen atoms in total. The number of amides is 1. The Morgan fingerprint density at radius 3 is 2.31 bits per heavy atom. The van der Waals surface area contributed by atoms with Crippen molar-refractivity contribution in [3.8, 4) is 11.5 Å². The summed E-state index contributed by atoms with van der Waals surface area (Å²) in [6.07, 6.45) is 0. The lowest BCUT2D eigenvalue weighted by Crippen LogP contribution is -2.31. The number of carbonyl (C=O) groups excluding carboxylic acids is 1. The van der Waals surface area contributed by atoms with E-state index in [1.54, 1.807) is 7.05 Å². The van der Waals surface area contributed by atoms with E-state index in [-0.39, 0.29) is 27.8 Å². The van der Waals surface area contributed by atoms with E-state index in [2.05, 4.69) is 15.9 Å². The van der Waals surface area contributed by atoms with Gasteiger partial charge in [-0.25, -0.2) is 0 Å². The lowest BCUT2D eigenvalue weighted by molar-refractivity contribution is 0.0796. The Kier molecular flexibility index (Phi) is 4.18. The zero-order chi connectivity index (χ0) is 12.3. The van der Waals surface area contributed by atoms with Gasteiger partial charge in [0.15, 0.2) is 0 Å². The molecule has 1 aromatic carbocycles. The highest BCUT2D eigenvalue weighted by atomic mass is 79.9. The largest absolute Gasteiger partial charge is 0.508 e. The van der Waals surface area contributed by atoms with Gasteiger partial charge in [-0.2, -0.15) is 0 Å². The van der Waals surface area contributed by atoms with Crippen LogP contribution in [-0.4, -0.2) is 39.4 Å². The van der Waals surface area contributed by atoms with Crippen molar-refractivity contribution >= 4 is 21.8 Å². The fourth-order valence-electron chi connectivity index (χ4n) is 1.40. The molecular weight excluding hydrogens is 274 g/mol. The minimum atomic E-state index is -0.238. The Morgan fingerprint density at radius 2 is 1.88 bits per heavy atom. The van der Waals surface area contributed by atoms with Crippen molar-refractivity contribution in [3.05, 3.63) is 23.8 Å². The number of alkyl halides is 1. The van der Waals surface area contributed by atoms with Gasteiger partial charge in [0.25, 0.3) is 5.91 Å². The number of aromatic hydroxyl groups is 2. The molecule has 0 saturated carbocycles. The maximum atomic E-state index is 11.9. The average Bonchev–Trinajstić information content (AvgIpc) is 2.13. The van der Waals surface area contributed by atoms with Crippen LogP contribution in [0.4, 0.5) is 0 Å². The van der Waals surface area contributed by atoms with E-state index in [0.717, 1.165) is 0 Å². The summed E-state index contributed by atoms with van der Waals surface area (Å²) in [6.45, 7) is 2.49. The molecule has 0 aliphatic heterocycles. The molecule has 16 heavy (non-hydrogen) atoms. The predicted octanol–water partition coefficient (Wildman–Crippen LogP) is 1.95. The smallest absolute Gasteiger partial charge is 0.253 e. The summed E-state index contributed by atoms with van der Waals surface area (Å²) in [5.74, 6) is -0.482. The van der Waals surface area contributed by atoms with Gasteiger partial charge >= 0.3 is 0 Å². The zero-order valence-corrected chi connectivity index (χ0v) is 10.7. The van der Waals surface area contributed by atoms with Gasteiger partial charge in [0.2, 0.25) is 0 Å². The van der Waals surface area contributed by atoms with Crippen LogP contribution in [0.5, 0.6) is 11.5 Å². The third-order valence-electron chi connectivity index (χ3n) is 2.02. The van der Waals surface area contributed by atoms with Gasteiger partial charge < -0.3 is 15.1 Å². The Balaban J connectivity index is 2.87. The van der Waals surface area contributed by atoms with Gasteiger partial charge in [0.05, 0.1) is 0 Å². The topological polar surface area (TPSA) is 60.8 Å². The molecule has 0 aliphatic carbocycles. The summed E-state index contributed by atoms with van der Waals surface area (Å²) in [5.41, 5.74) is 0.271. The molecule has 88 valence electrons. The molecule has 0 spiro atoms. The van der Waals surface area contributed by atoms with Gasteiger partial charge in [0, 0.05) is 30.0 Å². The van der Waals surface area contributed by atoms with Crippen LogP contribution < -0.4 is 0 Å². The van der Waals surface area contributed by atoms with Gasteiger partial charge in [-0.15, -0.1) is 0 Å². The molecule has 1 rings (SSSR count). The van der Waals surface area contributed by atoms with Crippen LogP contribution in [0.2, 0.25) is 0 Å². The number of phenolic OH excluding ortho intramolecular Hbond substituents is 2. The van der Waals surface area contributed by atoms with Gasteiger partial charge in [0.1, 0.15) is 11.5 Å². The molecule has 0 radical (unpaired) electrons. The highest BCUT2D eigenvalue weighted by molar-refractivity contribution is 9.09. The lowest BCUT2D eigenvalue weighted by atomic mass is 10.1. The first-order valence-corrected chi connectivity index (χ1v) is 5.74. The number of hydrogen-bond donors (Lipinski definition) is 2. The zero-order valence-electron chi connectivity index (χ0n) is 9.14. The van der Waals surface area contributed by atoms with Gasteiger partial charge in [-0.3, -0.25) is 4.79 Å². The fourth-order valence-corrected chi connectivity index (χ4v) is 1.83. The second-order valence-electron chi connectivity index (χ2n) is 3.70. The molecule has 0 saturated heterocycles. The second-order valence-corrected chi connectivity index (χ2v) is 5.27. The summed E-state index contributed by atoms with van der Waals surface area (Å²) >= 11 is 3.35. The Morgan fingerprint density at radius 1 is 1.38 bits per heavy atom. The van der Waals surface area contributed by atoms with Crippen molar-refractivity contribution in [3.63, 3.8) is 0 Å². The number of nitrogens with zero attached hydrogens (tertiary/aromatic N) is 1. The Bertz CT molecular complexity index is 373. The minimum Gasteiger partial charge on any atom is -0.508 e. The summed E-state index contributed by atoms with van der Waals surface area (Å²) < 4.78 is 0. The Labute approximate surface area is 103 Å². The minimum absolute atomic E-state index is 0.122. The van der Waals surface area contributed by atoms with Crippen molar-refractivity contribution in [2.75, 3.05) is 13.6 Å². The third kappa shape index (κ3) is 3.41. The van der Waals surface area contributed by atoms with Crippen LogP contribution in [0.3, 0.4) is 0 Å². The van der Waals surface area contributed by atoms with E-state index < -0.39 is 0 Å². The summed E-state index contributed by atoms with van der Waals surface area (Å²) in [6, 6.07) is 3.85. The predicted molar refractivity (Wildman–Crippen MR) is 65.1 cm³/mol. The molecule has 0 heterocycles. The molecule has 1 amide bonds. The first-order valence-electron chi connectivity index (χ1n) is 4.82. The average molecular weight is 288 g/mol. The van der Waals surface area contributed by atoms with Crippen molar-refractivity contribution < 1.29 is 15.0 Å². The molecule has 2 N–H and O–H groups in total. The van der Waals surface area contributed by atoms with E-state index in [4.69, 9.17) is 0 Å². The van der Waals surface area contributed by atoms with Gasteiger partial charge in [-0.05, 0) is 12.1 Å². The van der Waals surface area contributed by atoms with Crippen molar-refractivity contribution in [1.82, 2.24) is 4.90 Å². The number of benzene rings is 1. The molecule has 0 bridgehead atoms. The summed E-state index contributed by atoms with van der Waals surface area (Å²) in [7, 11) is 1.67. The van der Waals surface area contributed by atoms with E-state index in [1.807, 2.05) is 6.92 Å². The number of carbonyl (C=O) groups is 1. The van der Waals surface area contributed by atoms with Gasteiger partial charge in [-0.1, -0.05) is 22.9 Å². The molecule has 1 unspecified atom stereocenters. The van der Waals surface area contributed by atoms with Crippen LogP contribution in [0, 0.1) is 0 Å². The summed E-state index contributed by atoms with van der Waals surface area (Å²) in [5, 5.41) is 18.5. The molecule has 0 fully saturated rings. The molecule has 0 aromatic heterocycles. The lowest BCUT2D eigenvalue weighted by Gasteiger charge is -2.18. The Hall–Kier alpha value is -1.23. The standard InChI is InChI=1S/C11H14BrNO3/c1-7(12)6-13(2)11(16)8-3-9(14)5-10(15)4-8/h3-5,7,14-15H,6H2,1-2H3. The summed E-state index contributed by atoms with van der Waals surface area (Å²) in [4.78, 5) is 13.6. The molecule has 1 aromatic rings. The first kappa shape index (κ1) is 12.8. The van der Waals surface area contributed by atoms with E-state index in [0.29, 0.717) is 6.54 Å². The third-order valence-corrected chi connectivity index (χ3v) is 2.31. The van der Waals surface area contributed by atoms with Crippen molar-refractivity contribution in [2.45, 2.75) is 11.8 Å². The SMILES string of the molecule is CC(Br)CN(C)C(=O)c1cc(O)cc(O)c1. The van der Waals surface area contributed by atoms with Crippen LogP contribution in [0.15, 0.2) is 18.2 Å². The quantitative estimate of drug-likeness (QED) is 0.836. The number of halogens is 1. The number of rotatable bonds is 3. The fraction of sp³-hybridized carbons (Fsp3) is 0.364. The highest BCUT2D eigenvalue weighted by Gasteiger charge is 2.14. The number of hydrogen-bond acceptors (Lipinski definition) is 3. The van der Waals surface area contributed by atoms with E-state index in [9.17, 15) is 15.0 Å². The van der Waals surface area contributed by atoms with Crippen molar-refractivity contribution in [2.24, 2.45) is 0 Å². The maximum Gasteiger partial charge on any atom is 0.253 e. The highest BCUT2D eigenvalue weighted by Crippen LogP contribution is 2.21. The van der Waals surface area contributed by atoms with E-state index >= 15 is 0 Å². The molecule has 1 atom stereocenters. The monoisotopic (exact) mass is 287 g/mol. The van der Waals surface area contributed by atoms with Crippen LogP contribution >= 0.6 is 15.9 Å². The van der Waals surface area contributed by atoms with Crippen LogP contribution in [0.1, 0.15) is 17.3 Å². The van der Waals surface area contributed by atoms with Crippen molar-refractivity contribution in [1.29, 1.82) is 0 Å². The first-order chi connectivity index (χ1) is 7.40. The van der Waals surface area contributed by atoms with Crippen LogP contribution in [-0.2, 0) is 0 Å². The molecule has 5 heteroatoms. The maximum absolute atomic E-state index is 11.9. The molecule has 0 aliphatic rings. The van der Waals surface area contributed by atoms with E-state index in [1.165, 1.54) is 23.1 Å². The van der Waals surface area contributed by atoms with Crippen LogP contribution in [0.25, 0.3) is 0 Å².